The van der Waals surface area contributed by atoms with Crippen LogP contribution in [-0.2, 0) is 15.7 Å². The fraction of sp³-hybridized carbons (Fsp3) is 0.619. The summed E-state index contributed by atoms with van der Waals surface area (Å²) in [5, 5.41) is 3.87. The van der Waals surface area contributed by atoms with Gasteiger partial charge in [0.05, 0.1) is 36.8 Å². The highest BCUT2D eigenvalue weighted by atomic mass is 19.4. The van der Waals surface area contributed by atoms with Crippen LogP contribution in [0.25, 0.3) is 10.9 Å². The lowest BCUT2D eigenvalue weighted by atomic mass is 10.1. The lowest BCUT2D eigenvalue weighted by Crippen LogP contribution is -2.52. The van der Waals surface area contributed by atoms with Crippen molar-refractivity contribution in [2.45, 2.75) is 31.4 Å². The van der Waals surface area contributed by atoms with Crippen LogP contribution in [0.15, 0.2) is 24.5 Å². The van der Waals surface area contributed by atoms with Crippen molar-refractivity contribution in [1.29, 1.82) is 0 Å². The Morgan fingerprint density at radius 3 is 2.74 bits per heavy atom. The van der Waals surface area contributed by atoms with E-state index in [1.807, 2.05) is 11.8 Å². The summed E-state index contributed by atoms with van der Waals surface area (Å²) in [6, 6.07) is 3.31. The molecule has 0 spiro atoms. The van der Waals surface area contributed by atoms with Gasteiger partial charge in [0.15, 0.2) is 5.69 Å². The minimum atomic E-state index is -4.55. The van der Waals surface area contributed by atoms with Crippen molar-refractivity contribution < 1.29 is 22.6 Å². The molecule has 2 saturated heterocycles. The molecule has 2 aliphatic heterocycles. The predicted octanol–water partition coefficient (Wildman–Crippen LogP) is 2.16. The van der Waals surface area contributed by atoms with Crippen molar-refractivity contribution in [2.24, 2.45) is 0 Å². The third-order valence-electron chi connectivity index (χ3n) is 5.65. The molecule has 1 N–H and O–H groups in total. The molecule has 0 aromatic carbocycles. The third kappa shape index (κ3) is 5.25. The number of nitrogens with one attached hydrogen (secondary N) is 1. The number of ether oxygens (including phenoxy) is 2. The van der Waals surface area contributed by atoms with Crippen molar-refractivity contribution >= 4 is 16.6 Å². The molecule has 2 aromatic rings. The maximum Gasteiger partial charge on any atom is 0.435 e. The summed E-state index contributed by atoms with van der Waals surface area (Å²) in [6.45, 7) is 7.02. The van der Waals surface area contributed by atoms with Crippen molar-refractivity contribution in [3.63, 3.8) is 0 Å². The molecule has 2 aromatic heterocycles. The van der Waals surface area contributed by atoms with Crippen LogP contribution in [0.1, 0.15) is 12.6 Å². The van der Waals surface area contributed by atoms with Crippen molar-refractivity contribution in [1.82, 2.24) is 20.2 Å². The van der Waals surface area contributed by atoms with E-state index in [0.29, 0.717) is 30.7 Å². The number of aromatic nitrogens is 2. The van der Waals surface area contributed by atoms with E-state index in [-0.39, 0.29) is 23.8 Å². The Labute approximate surface area is 179 Å². The van der Waals surface area contributed by atoms with Gasteiger partial charge in [0.1, 0.15) is 5.52 Å². The number of nitrogens with zero attached hydrogens (tertiary/aromatic N) is 4. The summed E-state index contributed by atoms with van der Waals surface area (Å²) >= 11 is 0. The topological polar surface area (TPSA) is 62.8 Å². The zero-order valence-electron chi connectivity index (χ0n) is 17.7. The van der Waals surface area contributed by atoms with Gasteiger partial charge in [-0.25, -0.2) is 4.98 Å². The predicted molar refractivity (Wildman–Crippen MR) is 111 cm³/mol. The van der Waals surface area contributed by atoms with Crippen molar-refractivity contribution in [3.8, 4) is 0 Å². The van der Waals surface area contributed by atoms with Gasteiger partial charge in [-0.05, 0) is 26.1 Å². The average Bonchev–Trinajstić information content (AvgIpc) is 2.72. The molecule has 3 atom stereocenters. The second-order valence-corrected chi connectivity index (χ2v) is 8.28. The highest BCUT2D eigenvalue weighted by molar-refractivity contribution is 5.92. The van der Waals surface area contributed by atoms with Gasteiger partial charge in [-0.2, -0.15) is 13.2 Å². The van der Waals surface area contributed by atoms with Crippen LogP contribution >= 0.6 is 0 Å². The van der Waals surface area contributed by atoms with Gasteiger partial charge in [0.2, 0.25) is 0 Å². The molecule has 0 radical (unpaired) electrons. The van der Waals surface area contributed by atoms with E-state index in [1.54, 1.807) is 12.1 Å². The van der Waals surface area contributed by atoms with E-state index >= 15 is 0 Å². The fourth-order valence-electron chi connectivity index (χ4n) is 4.27. The number of hydrogen-bond acceptors (Lipinski definition) is 7. The highest BCUT2D eigenvalue weighted by Gasteiger charge is 2.36. The van der Waals surface area contributed by atoms with E-state index < -0.39 is 11.9 Å². The van der Waals surface area contributed by atoms with Crippen LogP contribution in [0, 0.1) is 0 Å². The van der Waals surface area contributed by atoms with Crippen molar-refractivity contribution in [3.05, 3.63) is 30.2 Å². The molecule has 4 rings (SSSR count). The average molecular weight is 439 g/mol. The largest absolute Gasteiger partial charge is 0.435 e. The van der Waals surface area contributed by atoms with Gasteiger partial charge < -0.3 is 24.6 Å². The number of alkyl halides is 3. The Balaban J connectivity index is 1.46. The summed E-state index contributed by atoms with van der Waals surface area (Å²) in [5.74, 6) is 0. The van der Waals surface area contributed by atoms with Crippen LogP contribution in [0.3, 0.4) is 0 Å². The maximum atomic E-state index is 13.4. The molecule has 0 bridgehead atoms. The fourth-order valence-corrected chi connectivity index (χ4v) is 4.27. The normalized spacial score (nSPS) is 25.8. The van der Waals surface area contributed by atoms with Crippen molar-refractivity contribution in [2.75, 3.05) is 57.8 Å². The van der Waals surface area contributed by atoms with Gasteiger partial charge in [0.25, 0.3) is 0 Å². The second kappa shape index (κ2) is 9.23. The lowest BCUT2D eigenvalue weighted by molar-refractivity contribution is -0.139. The van der Waals surface area contributed by atoms with Crippen LogP contribution in [0.4, 0.5) is 18.9 Å². The lowest BCUT2D eigenvalue weighted by Gasteiger charge is -2.39. The molecule has 0 saturated carbocycles. The quantitative estimate of drug-likeness (QED) is 0.766. The molecule has 170 valence electrons. The van der Waals surface area contributed by atoms with Gasteiger partial charge in [-0.15, -0.1) is 0 Å². The van der Waals surface area contributed by atoms with Gasteiger partial charge in [-0.1, -0.05) is 0 Å². The molecule has 0 amide bonds. The number of pyridine rings is 2. The van der Waals surface area contributed by atoms with E-state index in [0.717, 1.165) is 26.2 Å². The first-order valence-corrected chi connectivity index (χ1v) is 10.5. The summed E-state index contributed by atoms with van der Waals surface area (Å²) in [5.41, 5.74) is -0.433. The molecule has 10 heteroatoms. The number of morpholine rings is 2. The Kier molecular flexibility index (Phi) is 6.61. The number of anilines is 1. The van der Waals surface area contributed by atoms with Crippen LogP contribution in [0.5, 0.6) is 0 Å². The van der Waals surface area contributed by atoms with Gasteiger partial charge >= 0.3 is 6.18 Å². The SMILES string of the molecule is C[C@@H]1CN(c2cnc(C(F)(F)F)c3ncccc23)C[C@H](CNC[C@H]2CN(C)CCO2)O1. The first kappa shape index (κ1) is 22.2. The first-order chi connectivity index (χ1) is 14.8. The molecule has 7 nitrogen and oxygen atoms in total. The molecular formula is C21H28F3N5O2. The Morgan fingerprint density at radius 2 is 1.97 bits per heavy atom. The number of hydrogen-bond donors (Lipinski definition) is 1. The molecule has 2 aliphatic rings. The Hall–Kier alpha value is -2.01. The zero-order chi connectivity index (χ0) is 22.0. The monoisotopic (exact) mass is 439 g/mol. The second-order valence-electron chi connectivity index (χ2n) is 8.28. The van der Waals surface area contributed by atoms with E-state index in [1.165, 1.54) is 12.4 Å². The van der Waals surface area contributed by atoms with Gasteiger partial charge in [-0.3, -0.25) is 4.98 Å². The van der Waals surface area contributed by atoms with E-state index in [4.69, 9.17) is 9.47 Å². The molecule has 31 heavy (non-hydrogen) atoms. The smallest absolute Gasteiger partial charge is 0.374 e. The number of likely N-dealkylation sites (N-methyl/N-ethyl adjacent to an activating group) is 1. The Morgan fingerprint density at radius 1 is 1.16 bits per heavy atom. The zero-order valence-corrected chi connectivity index (χ0v) is 17.7. The maximum absolute atomic E-state index is 13.4. The molecule has 0 unspecified atom stereocenters. The molecule has 2 fully saturated rings. The number of halogens is 3. The van der Waals surface area contributed by atoms with Crippen LogP contribution < -0.4 is 10.2 Å². The van der Waals surface area contributed by atoms with Crippen LogP contribution in [0.2, 0.25) is 0 Å². The van der Waals surface area contributed by atoms with Gasteiger partial charge in [0, 0.05) is 50.9 Å². The first-order valence-electron chi connectivity index (χ1n) is 10.5. The minimum Gasteiger partial charge on any atom is -0.374 e. The standard InChI is InChI=1S/C21H28F3N5O2/c1-14-11-29(13-16(31-14)9-25-8-15-12-28(2)6-7-30-15)18-10-27-20(21(22,23)24)19-17(18)4-3-5-26-19/h3-5,10,14-16,25H,6-9,11-13H2,1-2H3/t14-,15+,16+/m1/s1. The summed E-state index contributed by atoms with van der Waals surface area (Å²) in [4.78, 5) is 12.0. The number of rotatable bonds is 5. The highest BCUT2D eigenvalue weighted by Crippen LogP contribution is 2.36. The minimum absolute atomic E-state index is 0.0633. The van der Waals surface area contributed by atoms with Crippen LogP contribution in [-0.4, -0.2) is 86.1 Å². The van der Waals surface area contributed by atoms with E-state index in [9.17, 15) is 13.2 Å². The molecule has 0 aliphatic carbocycles. The molecular weight excluding hydrogens is 411 g/mol. The number of fused-ring (bicyclic) bond motifs is 1. The summed E-state index contributed by atoms with van der Waals surface area (Å²) < 4.78 is 52.0. The Bertz CT molecular complexity index is 897. The summed E-state index contributed by atoms with van der Waals surface area (Å²) in [6.07, 6.45) is -1.90. The summed E-state index contributed by atoms with van der Waals surface area (Å²) in [7, 11) is 2.08. The molecule has 4 heterocycles. The third-order valence-corrected chi connectivity index (χ3v) is 5.65. The van der Waals surface area contributed by atoms with E-state index in [2.05, 4.69) is 27.2 Å².